The van der Waals surface area contributed by atoms with E-state index in [1.54, 1.807) is 24.4 Å². The van der Waals surface area contributed by atoms with E-state index in [4.69, 9.17) is 5.11 Å². The van der Waals surface area contributed by atoms with Crippen molar-refractivity contribution in [3.05, 3.63) is 24.4 Å². The third-order valence-corrected chi connectivity index (χ3v) is 2.11. The van der Waals surface area contributed by atoms with Gasteiger partial charge in [0.15, 0.2) is 6.04 Å². The van der Waals surface area contributed by atoms with Gasteiger partial charge in [0, 0.05) is 6.20 Å². The summed E-state index contributed by atoms with van der Waals surface area (Å²) in [5.74, 6) is -0.653. The summed E-state index contributed by atoms with van der Waals surface area (Å²) in [5.41, 5.74) is 0.542. The zero-order valence-corrected chi connectivity index (χ0v) is 8.48. The molecule has 0 aliphatic carbocycles. The van der Waals surface area contributed by atoms with Gasteiger partial charge in [-0.3, -0.25) is 4.98 Å². The van der Waals surface area contributed by atoms with Crippen molar-refractivity contribution in [1.29, 1.82) is 0 Å². The highest BCUT2D eigenvalue weighted by atomic mass is 16.4. The Morgan fingerprint density at radius 1 is 1.50 bits per heavy atom. The third kappa shape index (κ3) is 1.74. The van der Waals surface area contributed by atoms with Crippen LogP contribution in [0.2, 0.25) is 0 Å². The maximum absolute atomic E-state index is 10.8. The molecule has 7 nitrogen and oxygen atoms in total. The molecule has 2 heterocycles. The van der Waals surface area contributed by atoms with E-state index in [1.165, 1.54) is 11.6 Å². The fourth-order valence-corrected chi connectivity index (χ4v) is 1.22. The van der Waals surface area contributed by atoms with Crippen molar-refractivity contribution < 1.29 is 9.90 Å². The summed E-state index contributed by atoms with van der Waals surface area (Å²) in [6, 6.07) is 4.44. The molecule has 0 aromatic carbocycles. The van der Waals surface area contributed by atoms with Crippen molar-refractivity contribution in [3.8, 4) is 11.5 Å². The molecule has 0 radical (unpaired) electrons. The SMILES string of the molecule is CC(C(=O)O)n1nnnc1-c1ccccn1. The van der Waals surface area contributed by atoms with Gasteiger partial charge in [0.25, 0.3) is 0 Å². The fraction of sp³-hybridized carbons (Fsp3) is 0.222. The number of pyridine rings is 1. The molecular formula is C9H9N5O2. The van der Waals surface area contributed by atoms with Crippen LogP contribution >= 0.6 is 0 Å². The highest BCUT2D eigenvalue weighted by molar-refractivity contribution is 5.72. The van der Waals surface area contributed by atoms with Crippen molar-refractivity contribution in [2.45, 2.75) is 13.0 Å². The van der Waals surface area contributed by atoms with Crippen LogP contribution in [0.3, 0.4) is 0 Å². The van der Waals surface area contributed by atoms with Gasteiger partial charge in [0.1, 0.15) is 5.69 Å². The Morgan fingerprint density at radius 3 is 2.94 bits per heavy atom. The molecular weight excluding hydrogens is 210 g/mol. The number of aromatic nitrogens is 5. The Kier molecular flexibility index (Phi) is 2.59. The second kappa shape index (κ2) is 4.05. The minimum absolute atomic E-state index is 0.343. The molecule has 82 valence electrons. The second-order valence-corrected chi connectivity index (χ2v) is 3.18. The van der Waals surface area contributed by atoms with Gasteiger partial charge in [0.05, 0.1) is 0 Å². The zero-order chi connectivity index (χ0) is 11.5. The molecule has 0 aliphatic heterocycles. The van der Waals surface area contributed by atoms with E-state index in [9.17, 15) is 4.79 Å². The van der Waals surface area contributed by atoms with Crippen LogP contribution in [0.5, 0.6) is 0 Å². The molecule has 0 spiro atoms. The first kappa shape index (κ1) is 10.2. The second-order valence-electron chi connectivity index (χ2n) is 3.18. The number of hydrogen-bond donors (Lipinski definition) is 1. The van der Waals surface area contributed by atoms with E-state index in [0.717, 1.165) is 0 Å². The van der Waals surface area contributed by atoms with Gasteiger partial charge in [0.2, 0.25) is 5.82 Å². The molecule has 1 atom stereocenters. The maximum atomic E-state index is 10.8. The highest BCUT2D eigenvalue weighted by Gasteiger charge is 2.20. The van der Waals surface area contributed by atoms with Gasteiger partial charge in [-0.15, -0.1) is 5.10 Å². The lowest BCUT2D eigenvalue weighted by Gasteiger charge is -2.07. The molecule has 0 amide bonds. The van der Waals surface area contributed by atoms with Crippen LogP contribution in [0.4, 0.5) is 0 Å². The number of aliphatic carboxylic acids is 1. The summed E-state index contributed by atoms with van der Waals surface area (Å²) >= 11 is 0. The Hall–Kier alpha value is -2.31. The van der Waals surface area contributed by atoms with Crippen molar-refractivity contribution in [2.24, 2.45) is 0 Å². The number of carbonyl (C=O) groups is 1. The molecule has 2 aromatic heterocycles. The summed E-state index contributed by atoms with van der Waals surface area (Å²) in [7, 11) is 0. The normalized spacial score (nSPS) is 12.3. The number of rotatable bonds is 3. The smallest absolute Gasteiger partial charge is 0.328 e. The topological polar surface area (TPSA) is 93.8 Å². The van der Waals surface area contributed by atoms with Crippen LogP contribution in [0.1, 0.15) is 13.0 Å². The Morgan fingerprint density at radius 2 is 2.31 bits per heavy atom. The van der Waals surface area contributed by atoms with Gasteiger partial charge >= 0.3 is 5.97 Å². The Labute approximate surface area is 90.7 Å². The van der Waals surface area contributed by atoms with Gasteiger partial charge in [-0.05, 0) is 29.5 Å². The monoisotopic (exact) mass is 219 g/mol. The molecule has 2 aromatic rings. The first-order chi connectivity index (χ1) is 7.70. The number of nitrogens with zero attached hydrogens (tertiary/aromatic N) is 5. The van der Waals surface area contributed by atoms with Crippen LogP contribution in [0.25, 0.3) is 11.5 Å². The molecule has 1 unspecified atom stereocenters. The zero-order valence-electron chi connectivity index (χ0n) is 8.48. The van der Waals surface area contributed by atoms with Crippen LogP contribution in [-0.2, 0) is 4.79 Å². The molecule has 0 bridgehead atoms. The van der Waals surface area contributed by atoms with Crippen molar-refractivity contribution in [2.75, 3.05) is 0 Å². The molecule has 7 heteroatoms. The van der Waals surface area contributed by atoms with Gasteiger partial charge in [-0.25, -0.2) is 9.48 Å². The predicted molar refractivity (Wildman–Crippen MR) is 53.4 cm³/mol. The number of hydrogen-bond acceptors (Lipinski definition) is 5. The summed E-state index contributed by atoms with van der Waals surface area (Å²) in [4.78, 5) is 14.9. The standard InChI is InChI=1S/C9H9N5O2/c1-6(9(15)16)14-8(11-12-13-14)7-4-2-3-5-10-7/h2-6H,1H3,(H,15,16). The summed E-state index contributed by atoms with van der Waals surface area (Å²) < 4.78 is 1.23. The van der Waals surface area contributed by atoms with Crippen LogP contribution in [0.15, 0.2) is 24.4 Å². The number of tetrazole rings is 1. The third-order valence-electron chi connectivity index (χ3n) is 2.11. The molecule has 16 heavy (non-hydrogen) atoms. The average Bonchev–Trinajstić information content (AvgIpc) is 2.77. The van der Waals surface area contributed by atoms with Crippen LogP contribution in [-0.4, -0.2) is 36.3 Å². The van der Waals surface area contributed by atoms with Gasteiger partial charge in [-0.2, -0.15) is 0 Å². The van der Waals surface area contributed by atoms with E-state index in [1.807, 2.05) is 0 Å². The molecule has 0 fully saturated rings. The van der Waals surface area contributed by atoms with E-state index < -0.39 is 12.0 Å². The molecule has 0 saturated carbocycles. The largest absolute Gasteiger partial charge is 0.480 e. The fourth-order valence-electron chi connectivity index (χ4n) is 1.22. The van der Waals surface area contributed by atoms with Crippen LogP contribution < -0.4 is 0 Å². The maximum Gasteiger partial charge on any atom is 0.328 e. The van der Waals surface area contributed by atoms with E-state index in [2.05, 4.69) is 20.5 Å². The predicted octanol–water partition coefficient (Wildman–Crippen LogP) is 0.381. The number of carboxylic acids is 1. The van der Waals surface area contributed by atoms with Gasteiger partial charge in [-0.1, -0.05) is 6.07 Å². The van der Waals surface area contributed by atoms with E-state index in [0.29, 0.717) is 11.5 Å². The summed E-state index contributed by atoms with van der Waals surface area (Å²) in [6.07, 6.45) is 1.60. The highest BCUT2D eigenvalue weighted by Crippen LogP contribution is 2.15. The van der Waals surface area contributed by atoms with Crippen molar-refractivity contribution in [3.63, 3.8) is 0 Å². The first-order valence-corrected chi connectivity index (χ1v) is 4.62. The summed E-state index contributed by atoms with van der Waals surface area (Å²) in [6.45, 7) is 1.51. The molecule has 1 N–H and O–H groups in total. The minimum atomic E-state index is -0.996. The van der Waals surface area contributed by atoms with Crippen molar-refractivity contribution >= 4 is 5.97 Å². The van der Waals surface area contributed by atoms with Crippen molar-refractivity contribution in [1.82, 2.24) is 25.2 Å². The lowest BCUT2D eigenvalue weighted by molar-refractivity contribution is -0.140. The van der Waals surface area contributed by atoms with Gasteiger partial charge < -0.3 is 5.11 Å². The minimum Gasteiger partial charge on any atom is -0.480 e. The van der Waals surface area contributed by atoms with E-state index >= 15 is 0 Å². The molecule has 0 aliphatic rings. The lowest BCUT2D eigenvalue weighted by Crippen LogP contribution is -2.18. The summed E-state index contributed by atoms with van der Waals surface area (Å²) in [5, 5.41) is 19.8. The lowest BCUT2D eigenvalue weighted by atomic mass is 10.3. The number of carboxylic acid groups (broad SMARTS) is 1. The van der Waals surface area contributed by atoms with Crippen LogP contribution in [0, 0.1) is 0 Å². The van der Waals surface area contributed by atoms with E-state index in [-0.39, 0.29) is 0 Å². The Bertz CT molecular complexity index is 496. The molecule has 2 rings (SSSR count). The quantitative estimate of drug-likeness (QED) is 0.802. The molecule has 0 saturated heterocycles. The Balaban J connectivity index is 2.44. The average molecular weight is 219 g/mol. The first-order valence-electron chi connectivity index (χ1n) is 4.62.